The van der Waals surface area contributed by atoms with Crippen LogP contribution < -0.4 is 5.32 Å². The Morgan fingerprint density at radius 3 is 2.33 bits per heavy atom. The van der Waals surface area contributed by atoms with Crippen molar-refractivity contribution in [2.45, 2.75) is 55.4 Å². The molecule has 0 aromatic heterocycles. The van der Waals surface area contributed by atoms with Gasteiger partial charge in [-0.1, -0.05) is 12.1 Å². The van der Waals surface area contributed by atoms with Gasteiger partial charge in [0.1, 0.15) is 0 Å². The number of ether oxygens (including phenoxy) is 2. The van der Waals surface area contributed by atoms with Crippen molar-refractivity contribution in [3.63, 3.8) is 0 Å². The van der Waals surface area contributed by atoms with Crippen LogP contribution in [0.15, 0.2) is 29.2 Å². The van der Waals surface area contributed by atoms with Gasteiger partial charge in [0.2, 0.25) is 0 Å². The van der Waals surface area contributed by atoms with E-state index in [0.29, 0.717) is 12.1 Å². The largest absolute Gasteiger partial charge is 0.348 e. The molecule has 1 saturated carbocycles. The maximum absolute atomic E-state index is 5.79. The topological polar surface area (TPSA) is 30.5 Å². The first-order valence-electron chi connectivity index (χ1n) is 7.89. The van der Waals surface area contributed by atoms with Gasteiger partial charge < -0.3 is 14.8 Å². The fraction of sp³-hybridized carbons (Fsp3) is 0.647. The van der Waals surface area contributed by atoms with Gasteiger partial charge in [0.15, 0.2) is 5.79 Å². The fourth-order valence-corrected chi connectivity index (χ4v) is 3.76. The van der Waals surface area contributed by atoms with Crippen LogP contribution in [0.1, 0.15) is 44.2 Å². The van der Waals surface area contributed by atoms with Crippen molar-refractivity contribution < 1.29 is 9.47 Å². The quantitative estimate of drug-likeness (QED) is 0.858. The van der Waals surface area contributed by atoms with Crippen molar-refractivity contribution in [3.8, 4) is 0 Å². The maximum Gasteiger partial charge on any atom is 0.168 e. The third-order valence-corrected chi connectivity index (χ3v) is 5.41. The minimum atomic E-state index is -0.249. The van der Waals surface area contributed by atoms with Gasteiger partial charge >= 0.3 is 0 Å². The summed E-state index contributed by atoms with van der Waals surface area (Å²) in [6, 6.07) is 9.83. The van der Waals surface area contributed by atoms with Crippen LogP contribution in [-0.2, 0) is 9.47 Å². The second-order valence-corrected chi connectivity index (χ2v) is 6.92. The number of hydrogen-bond acceptors (Lipinski definition) is 4. The molecule has 1 unspecified atom stereocenters. The highest BCUT2D eigenvalue weighted by Crippen LogP contribution is 2.36. The molecule has 1 saturated heterocycles. The smallest absolute Gasteiger partial charge is 0.168 e. The zero-order chi connectivity index (χ0) is 14.7. The molecule has 1 aliphatic carbocycles. The molecule has 1 heterocycles. The predicted molar refractivity (Wildman–Crippen MR) is 86.7 cm³/mol. The van der Waals surface area contributed by atoms with Gasteiger partial charge in [0.25, 0.3) is 0 Å². The Balaban J connectivity index is 1.52. The van der Waals surface area contributed by atoms with E-state index in [4.69, 9.17) is 9.47 Å². The Morgan fingerprint density at radius 1 is 1.14 bits per heavy atom. The van der Waals surface area contributed by atoms with Crippen molar-refractivity contribution in [2.75, 3.05) is 19.5 Å². The van der Waals surface area contributed by atoms with Crippen molar-refractivity contribution in [1.29, 1.82) is 0 Å². The van der Waals surface area contributed by atoms with E-state index < -0.39 is 0 Å². The lowest BCUT2D eigenvalue weighted by molar-refractivity contribution is -0.179. The van der Waals surface area contributed by atoms with Crippen molar-refractivity contribution in [1.82, 2.24) is 5.32 Å². The number of nitrogens with one attached hydrogen (secondary N) is 1. The average molecular weight is 307 g/mol. The van der Waals surface area contributed by atoms with Crippen LogP contribution in [0.3, 0.4) is 0 Å². The molecule has 1 aliphatic heterocycles. The molecule has 1 aromatic rings. The monoisotopic (exact) mass is 307 g/mol. The first-order valence-corrected chi connectivity index (χ1v) is 9.11. The first-order chi connectivity index (χ1) is 10.2. The molecular formula is C17H25NO2S. The third-order valence-electron chi connectivity index (χ3n) is 4.66. The minimum absolute atomic E-state index is 0.249. The van der Waals surface area contributed by atoms with Crippen molar-refractivity contribution in [3.05, 3.63) is 29.8 Å². The molecule has 4 heteroatoms. The van der Waals surface area contributed by atoms with Crippen LogP contribution in [0, 0.1) is 0 Å². The van der Waals surface area contributed by atoms with E-state index in [1.165, 1.54) is 10.5 Å². The Bertz CT molecular complexity index is 446. The Hall–Kier alpha value is -0.550. The fourth-order valence-electron chi connectivity index (χ4n) is 3.35. The third kappa shape index (κ3) is 3.62. The molecule has 1 atom stereocenters. The molecule has 2 fully saturated rings. The summed E-state index contributed by atoms with van der Waals surface area (Å²) in [4.78, 5) is 1.32. The summed E-state index contributed by atoms with van der Waals surface area (Å²) in [5, 5.41) is 3.76. The highest BCUT2D eigenvalue weighted by molar-refractivity contribution is 7.98. The maximum atomic E-state index is 5.79. The molecule has 3 rings (SSSR count). The molecule has 2 aliphatic rings. The van der Waals surface area contributed by atoms with Crippen LogP contribution >= 0.6 is 11.8 Å². The standard InChI is InChI=1S/C17H25NO2S/c1-13(14-3-5-16(21-2)6-4-14)18-15-7-9-17(10-8-15)19-11-12-20-17/h3-6,13,15,18H,7-12H2,1-2H3. The van der Waals surface area contributed by atoms with Crippen LogP contribution in [0.5, 0.6) is 0 Å². The zero-order valence-corrected chi connectivity index (χ0v) is 13.7. The summed E-state index contributed by atoms with van der Waals surface area (Å²) in [6.07, 6.45) is 6.41. The molecule has 0 amide bonds. The first kappa shape index (κ1) is 15.3. The number of thioether (sulfide) groups is 1. The molecule has 3 nitrogen and oxygen atoms in total. The summed E-state index contributed by atoms with van der Waals surface area (Å²) >= 11 is 1.79. The highest BCUT2D eigenvalue weighted by atomic mass is 32.2. The zero-order valence-electron chi connectivity index (χ0n) is 12.9. The SMILES string of the molecule is CSc1ccc(C(C)NC2CCC3(CC2)OCCO3)cc1. The lowest BCUT2D eigenvalue weighted by Crippen LogP contribution is -2.42. The Labute approximate surface area is 131 Å². The predicted octanol–water partition coefficient (Wildman–Crippen LogP) is 3.74. The normalized spacial score (nSPS) is 23.5. The van der Waals surface area contributed by atoms with Gasteiger partial charge in [-0.2, -0.15) is 0 Å². The van der Waals surface area contributed by atoms with Gasteiger partial charge in [0.05, 0.1) is 13.2 Å². The van der Waals surface area contributed by atoms with Gasteiger partial charge in [-0.15, -0.1) is 11.8 Å². The number of rotatable bonds is 4. The Kier molecular flexibility index (Phi) is 4.89. The van der Waals surface area contributed by atoms with Gasteiger partial charge in [-0.05, 0) is 43.7 Å². The highest BCUT2D eigenvalue weighted by Gasteiger charge is 2.40. The summed E-state index contributed by atoms with van der Waals surface area (Å²) in [6.45, 7) is 3.77. The lowest BCUT2D eigenvalue weighted by Gasteiger charge is -2.36. The molecule has 0 bridgehead atoms. The molecule has 116 valence electrons. The summed E-state index contributed by atoms with van der Waals surface area (Å²) in [5.74, 6) is -0.249. The molecule has 1 spiro atoms. The molecule has 1 aromatic carbocycles. The van der Waals surface area contributed by atoms with E-state index in [9.17, 15) is 0 Å². The molecule has 21 heavy (non-hydrogen) atoms. The van der Waals surface area contributed by atoms with Crippen LogP contribution in [0.4, 0.5) is 0 Å². The van der Waals surface area contributed by atoms with Gasteiger partial charge in [-0.25, -0.2) is 0 Å². The van der Waals surface area contributed by atoms with E-state index in [1.807, 2.05) is 0 Å². The molecule has 1 N–H and O–H groups in total. The van der Waals surface area contributed by atoms with Crippen LogP contribution in [0.25, 0.3) is 0 Å². The summed E-state index contributed by atoms with van der Waals surface area (Å²) < 4.78 is 11.6. The lowest BCUT2D eigenvalue weighted by atomic mass is 9.89. The molecular weight excluding hydrogens is 282 g/mol. The van der Waals surface area contributed by atoms with Crippen molar-refractivity contribution >= 4 is 11.8 Å². The van der Waals surface area contributed by atoms with Crippen molar-refractivity contribution in [2.24, 2.45) is 0 Å². The van der Waals surface area contributed by atoms with Crippen LogP contribution in [-0.4, -0.2) is 31.3 Å². The van der Waals surface area contributed by atoms with E-state index in [0.717, 1.165) is 38.9 Å². The number of hydrogen-bond donors (Lipinski definition) is 1. The van der Waals surface area contributed by atoms with E-state index >= 15 is 0 Å². The summed E-state index contributed by atoms with van der Waals surface area (Å²) in [5.41, 5.74) is 1.36. The van der Waals surface area contributed by atoms with Gasteiger partial charge in [0, 0.05) is 29.8 Å². The second kappa shape index (κ2) is 6.69. The van der Waals surface area contributed by atoms with E-state index in [-0.39, 0.29) is 5.79 Å². The van der Waals surface area contributed by atoms with Crippen LogP contribution in [0.2, 0.25) is 0 Å². The van der Waals surface area contributed by atoms with E-state index in [1.54, 1.807) is 11.8 Å². The summed E-state index contributed by atoms with van der Waals surface area (Å²) in [7, 11) is 0. The number of benzene rings is 1. The Morgan fingerprint density at radius 2 is 1.76 bits per heavy atom. The average Bonchev–Trinajstić information content (AvgIpc) is 2.98. The second-order valence-electron chi connectivity index (χ2n) is 6.04. The van der Waals surface area contributed by atoms with Gasteiger partial charge in [-0.3, -0.25) is 0 Å². The van der Waals surface area contributed by atoms with E-state index in [2.05, 4.69) is 42.8 Å². The molecule has 0 radical (unpaired) electrons. The minimum Gasteiger partial charge on any atom is -0.348 e.